The lowest BCUT2D eigenvalue weighted by Gasteiger charge is -2.15. The molecule has 100 valence electrons. The van der Waals surface area contributed by atoms with Crippen LogP contribution in [0, 0.1) is 3.57 Å². The molecule has 2 rings (SSSR count). The summed E-state index contributed by atoms with van der Waals surface area (Å²) in [5.74, 6) is 0. The van der Waals surface area contributed by atoms with Crippen LogP contribution in [0.5, 0.6) is 0 Å². The molecule has 0 aliphatic carbocycles. The highest BCUT2D eigenvalue weighted by molar-refractivity contribution is 14.1. The molecule has 0 aliphatic heterocycles. The molecule has 0 nitrogen and oxygen atoms in total. The van der Waals surface area contributed by atoms with Crippen LogP contribution in [0.4, 0.5) is 13.2 Å². The predicted molar refractivity (Wildman–Crippen MR) is 79.6 cm³/mol. The topological polar surface area (TPSA) is 0 Å². The zero-order valence-corrected chi connectivity index (χ0v) is 12.9. The number of rotatable bonds is 1. The van der Waals surface area contributed by atoms with Gasteiger partial charge in [-0.2, -0.15) is 13.2 Å². The first-order valence-corrected chi connectivity index (χ1v) is 6.95. The van der Waals surface area contributed by atoms with Crippen molar-refractivity contribution < 1.29 is 13.2 Å². The van der Waals surface area contributed by atoms with Gasteiger partial charge in [0.2, 0.25) is 0 Å². The summed E-state index contributed by atoms with van der Waals surface area (Å²) in [6, 6.07) is 8.72. The summed E-state index contributed by atoms with van der Waals surface area (Å²) in [6.45, 7) is 0. The molecule has 0 fully saturated rings. The van der Waals surface area contributed by atoms with Gasteiger partial charge in [0, 0.05) is 9.13 Å². The Kier molecular flexibility index (Phi) is 4.32. The first-order valence-electron chi connectivity index (χ1n) is 5.12. The van der Waals surface area contributed by atoms with Gasteiger partial charge in [0.15, 0.2) is 0 Å². The normalized spacial score (nSPS) is 11.7. The lowest BCUT2D eigenvalue weighted by molar-refractivity contribution is -0.137. The van der Waals surface area contributed by atoms with E-state index in [2.05, 4.69) is 0 Å². The lowest BCUT2D eigenvalue weighted by Crippen LogP contribution is -2.07. The molecule has 0 bridgehead atoms. The molecule has 6 heteroatoms. The standard InChI is InChI=1S/C13H6Cl2F3I/c14-11-3-1-2-9(12(11)15)8-5-4-7(19)6-10(8)13(16,17)18/h1-6H. The van der Waals surface area contributed by atoms with Crippen LogP contribution in [0.1, 0.15) is 5.56 Å². The van der Waals surface area contributed by atoms with Gasteiger partial charge in [0.25, 0.3) is 0 Å². The Morgan fingerprint density at radius 1 is 0.947 bits per heavy atom. The molecule has 0 amide bonds. The van der Waals surface area contributed by atoms with Gasteiger partial charge >= 0.3 is 6.18 Å². The summed E-state index contributed by atoms with van der Waals surface area (Å²) >= 11 is 13.7. The average Bonchev–Trinajstić information content (AvgIpc) is 2.32. The van der Waals surface area contributed by atoms with Crippen LogP contribution in [0.15, 0.2) is 36.4 Å². The molecule has 2 aromatic carbocycles. The lowest BCUT2D eigenvalue weighted by atomic mass is 9.99. The minimum Gasteiger partial charge on any atom is -0.166 e. The number of halogens is 6. The highest BCUT2D eigenvalue weighted by atomic mass is 127. The van der Waals surface area contributed by atoms with Gasteiger partial charge in [-0.1, -0.05) is 41.4 Å². The largest absolute Gasteiger partial charge is 0.417 e. The summed E-state index contributed by atoms with van der Waals surface area (Å²) in [5.41, 5.74) is -0.415. The molecular weight excluding hydrogens is 411 g/mol. The molecule has 0 N–H and O–H groups in total. The van der Waals surface area contributed by atoms with E-state index in [0.717, 1.165) is 6.07 Å². The fourth-order valence-electron chi connectivity index (χ4n) is 1.70. The monoisotopic (exact) mass is 416 g/mol. The highest BCUT2D eigenvalue weighted by Gasteiger charge is 2.34. The molecule has 0 saturated carbocycles. The van der Waals surface area contributed by atoms with Gasteiger partial charge in [-0.25, -0.2) is 0 Å². The highest BCUT2D eigenvalue weighted by Crippen LogP contribution is 2.41. The van der Waals surface area contributed by atoms with E-state index in [1.165, 1.54) is 18.2 Å². The van der Waals surface area contributed by atoms with Crippen LogP contribution in [0.2, 0.25) is 10.0 Å². The number of alkyl halides is 3. The van der Waals surface area contributed by atoms with Crippen LogP contribution in [-0.2, 0) is 6.18 Å². The van der Waals surface area contributed by atoms with Crippen molar-refractivity contribution in [1.82, 2.24) is 0 Å². The second kappa shape index (κ2) is 5.50. The predicted octanol–water partition coefficient (Wildman–Crippen LogP) is 6.28. The Morgan fingerprint density at radius 2 is 1.63 bits per heavy atom. The molecule has 0 heterocycles. The van der Waals surface area contributed by atoms with Crippen LogP contribution in [0.3, 0.4) is 0 Å². The van der Waals surface area contributed by atoms with Crippen LogP contribution >= 0.6 is 45.8 Å². The van der Waals surface area contributed by atoms with Gasteiger partial charge in [-0.05, 0) is 46.4 Å². The summed E-state index contributed by atoms with van der Waals surface area (Å²) < 4.78 is 39.7. The molecule has 0 atom stereocenters. The van der Waals surface area contributed by atoms with E-state index in [0.29, 0.717) is 3.57 Å². The fraction of sp³-hybridized carbons (Fsp3) is 0.0769. The summed E-state index contributed by atoms with van der Waals surface area (Å²) in [5, 5.41) is 0.349. The van der Waals surface area contributed by atoms with Gasteiger partial charge in [0.1, 0.15) is 0 Å². The Morgan fingerprint density at radius 3 is 2.26 bits per heavy atom. The number of hydrogen-bond acceptors (Lipinski definition) is 0. The van der Waals surface area contributed by atoms with Gasteiger partial charge in [0.05, 0.1) is 15.6 Å². The van der Waals surface area contributed by atoms with E-state index in [9.17, 15) is 13.2 Å². The van der Waals surface area contributed by atoms with E-state index < -0.39 is 11.7 Å². The van der Waals surface area contributed by atoms with Gasteiger partial charge < -0.3 is 0 Å². The van der Waals surface area contributed by atoms with E-state index in [1.807, 2.05) is 22.6 Å². The van der Waals surface area contributed by atoms with Crippen molar-refractivity contribution in [3.63, 3.8) is 0 Å². The third kappa shape index (κ3) is 3.17. The molecule has 0 unspecified atom stereocenters. The zero-order chi connectivity index (χ0) is 14.2. The average molecular weight is 417 g/mol. The third-order valence-electron chi connectivity index (χ3n) is 2.53. The molecule has 0 saturated heterocycles. The van der Waals surface area contributed by atoms with Crippen molar-refractivity contribution in [2.24, 2.45) is 0 Å². The third-order valence-corrected chi connectivity index (χ3v) is 4.02. The SMILES string of the molecule is FC(F)(F)c1cc(I)ccc1-c1cccc(Cl)c1Cl. The van der Waals surface area contributed by atoms with Crippen molar-refractivity contribution in [2.75, 3.05) is 0 Å². The Hall–Kier alpha value is -0.460. The number of hydrogen-bond donors (Lipinski definition) is 0. The Bertz CT molecular complexity index is 624. The first-order chi connectivity index (χ1) is 8.80. The summed E-state index contributed by atoms with van der Waals surface area (Å²) in [7, 11) is 0. The maximum absolute atomic E-state index is 13.1. The van der Waals surface area contributed by atoms with Gasteiger partial charge in [-0.15, -0.1) is 0 Å². The van der Waals surface area contributed by atoms with E-state index in [4.69, 9.17) is 23.2 Å². The molecule has 0 aromatic heterocycles. The van der Waals surface area contributed by atoms with Gasteiger partial charge in [-0.3, -0.25) is 0 Å². The molecule has 0 aliphatic rings. The minimum absolute atomic E-state index is 0.0282. The molecule has 19 heavy (non-hydrogen) atoms. The first kappa shape index (κ1) is 14.9. The maximum atomic E-state index is 13.1. The Balaban J connectivity index is 2.72. The van der Waals surface area contributed by atoms with Crippen LogP contribution in [0.25, 0.3) is 11.1 Å². The van der Waals surface area contributed by atoms with Crippen molar-refractivity contribution in [1.29, 1.82) is 0 Å². The van der Waals surface area contributed by atoms with Crippen molar-refractivity contribution >= 4 is 45.8 Å². The van der Waals surface area contributed by atoms with Crippen molar-refractivity contribution in [3.8, 4) is 11.1 Å². The summed E-state index contributed by atoms with van der Waals surface area (Å²) in [4.78, 5) is 0. The smallest absolute Gasteiger partial charge is 0.166 e. The van der Waals surface area contributed by atoms with Crippen molar-refractivity contribution in [2.45, 2.75) is 6.18 Å². The van der Waals surface area contributed by atoms with Crippen LogP contribution < -0.4 is 0 Å². The number of benzene rings is 2. The zero-order valence-electron chi connectivity index (χ0n) is 9.23. The minimum atomic E-state index is -4.44. The molecule has 0 radical (unpaired) electrons. The van der Waals surface area contributed by atoms with E-state index in [1.54, 1.807) is 12.1 Å². The fourth-order valence-corrected chi connectivity index (χ4v) is 2.59. The molecular formula is C13H6Cl2F3I. The second-order valence-corrected chi connectivity index (χ2v) is 5.82. The molecule has 0 spiro atoms. The van der Waals surface area contributed by atoms with E-state index >= 15 is 0 Å². The van der Waals surface area contributed by atoms with E-state index in [-0.39, 0.29) is 21.2 Å². The second-order valence-electron chi connectivity index (χ2n) is 3.79. The van der Waals surface area contributed by atoms with Crippen LogP contribution in [-0.4, -0.2) is 0 Å². The maximum Gasteiger partial charge on any atom is 0.417 e. The quantitative estimate of drug-likeness (QED) is 0.479. The van der Waals surface area contributed by atoms with Crippen molar-refractivity contribution in [3.05, 3.63) is 55.6 Å². The Labute approximate surface area is 131 Å². The molecule has 2 aromatic rings. The summed E-state index contributed by atoms with van der Waals surface area (Å²) in [6.07, 6.45) is -4.44.